The monoisotopic (exact) mass is 1060 g/mol. The van der Waals surface area contributed by atoms with Gasteiger partial charge in [0.25, 0.3) is 0 Å². The number of rotatable bonds is 13. The predicted molar refractivity (Wildman–Crippen MR) is 291 cm³/mol. The highest BCUT2D eigenvalue weighted by Gasteiger charge is 2.15. The molecule has 71 heavy (non-hydrogen) atoms. The molecule has 0 aliphatic heterocycles. The Balaban J connectivity index is 0.000000147. The lowest BCUT2D eigenvalue weighted by Gasteiger charge is -2.16. The van der Waals surface area contributed by atoms with Crippen molar-refractivity contribution in [3.05, 3.63) is 275 Å². The average Bonchev–Trinajstić information content (AvgIpc) is 3.44. The van der Waals surface area contributed by atoms with Crippen LogP contribution in [0.4, 0.5) is 0 Å². The number of pyridine rings is 4. The van der Waals surface area contributed by atoms with E-state index in [-0.39, 0.29) is 0 Å². The van der Waals surface area contributed by atoms with Crippen LogP contribution in [-0.4, -0.2) is 37.1 Å². The van der Waals surface area contributed by atoms with Gasteiger partial charge in [0.05, 0.1) is 8.95 Å². The number of para-hydroxylation sites is 3. The molecule has 0 unspecified atom stereocenters. The summed E-state index contributed by atoms with van der Waals surface area (Å²) in [5.74, 6) is 2.56. The molecule has 10 aromatic rings. The molecular formula is C59H49BBr2N4O5. The zero-order valence-corrected chi connectivity index (χ0v) is 41.7. The normalized spacial score (nSPS) is 10.1. The molecule has 0 aliphatic carbocycles. The van der Waals surface area contributed by atoms with Crippen molar-refractivity contribution in [2.45, 2.75) is 19.8 Å². The van der Waals surface area contributed by atoms with E-state index in [1.807, 2.05) is 164 Å². The number of ether oxygens (including phenoxy) is 3. The number of aromatic nitrogens is 4. The van der Waals surface area contributed by atoms with Gasteiger partial charge in [-0.05, 0) is 91.0 Å². The number of benzene rings is 6. The van der Waals surface area contributed by atoms with E-state index in [4.69, 9.17) is 24.3 Å². The maximum absolute atomic E-state index is 8.54. The summed E-state index contributed by atoms with van der Waals surface area (Å²) in [6, 6.07) is 65.7. The molecule has 6 aromatic carbocycles. The van der Waals surface area contributed by atoms with Crippen LogP contribution < -0.4 is 19.7 Å². The maximum Gasteiger partial charge on any atom is 0.490 e. The van der Waals surface area contributed by atoms with Crippen LogP contribution in [0.2, 0.25) is 0 Å². The minimum Gasteiger partial charge on any atom is -0.488 e. The summed E-state index contributed by atoms with van der Waals surface area (Å²) >= 11 is 6.93. The summed E-state index contributed by atoms with van der Waals surface area (Å²) < 4.78 is 19.9. The Labute approximate surface area is 431 Å². The quantitative estimate of drug-likeness (QED) is 0.109. The number of hydrogen-bond donors (Lipinski definition) is 2. The highest BCUT2D eigenvalue weighted by atomic mass is 79.9. The molecule has 352 valence electrons. The zero-order chi connectivity index (χ0) is 49.3. The van der Waals surface area contributed by atoms with E-state index in [9.17, 15) is 0 Å². The second kappa shape index (κ2) is 28.1. The summed E-state index contributed by atoms with van der Waals surface area (Å²) in [6.45, 7) is 1.64. The molecule has 0 saturated heterocycles. The summed E-state index contributed by atoms with van der Waals surface area (Å²) in [5, 5.41) is 17.1. The molecule has 10 rings (SSSR count). The highest BCUT2D eigenvalue weighted by Crippen LogP contribution is 2.39. The van der Waals surface area contributed by atoms with E-state index < -0.39 is 7.12 Å². The Kier molecular flexibility index (Phi) is 20.2. The van der Waals surface area contributed by atoms with Crippen molar-refractivity contribution in [2.24, 2.45) is 0 Å². The molecule has 0 amide bonds. The van der Waals surface area contributed by atoms with Crippen molar-refractivity contribution < 1.29 is 24.3 Å². The van der Waals surface area contributed by atoms with E-state index in [2.05, 4.69) is 94.3 Å². The van der Waals surface area contributed by atoms with Gasteiger partial charge in [-0.3, -0.25) is 19.9 Å². The minimum absolute atomic E-state index is 0.414. The lowest BCUT2D eigenvalue weighted by molar-refractivity contribution is 0.302. The van der Waals surface area contributed by atoms with Gasteiger partial charge < -0.3 is 24.3 Å². The number of hydrogen-bond acceptors (Lipinski definition) is 9. The molecule has 2 N–H and O–H groups in total. The van der Waals surface area contributed by atoms with Crippen molar-refractivity contribution >= 4 is 44.4 Å². The van der Waals surface area contributed by atoms with E-state index in [1.165, 1.54) is 6.20 Å². The Hall–Kier alpha value is -7.74. The van der Waals surface area contributed by atoms with Gasteiger partial charge in [-0.15, -0.1) is 0 Å². The summed E-state index contributed by atoms with van der Waals surface area (Å²) in [6.07, 6.45) is 13.9. The average molecular weight is 1060 g/mol. The van der Waals surface area contributed by atoms with Crippen molar-refractivity contribution in [1.82, 2.24) is 19.9 Å². The zero-order valence-electron chi connectivity index (χ0n) is 38.5. The number of nitrogens with zero attached hydrogens (tertiary/aromatic N) is 4. The fourth-order valence-electron chi connectivity index (χ4n) is 6.89. The van der Waals surface area contributed by atoms with Crippen LogP contribution in [0.25, 0.3) is 33.4 Å². The Morgan fingerprint density at radius 1 is 0.352 bits per heavy atom. The van der Waals surface area contributed by atoms with Crippen LogP contribution in [0, 0.1) is 0 Å². The molecule has 0 fully saturated rings. The van der Waals surface area contributed by atoms with E-state index >= 15 is 0 Å². The van der Waals surface area contributed by atoms with Crippen molar-refractivity contribution in [1.29, 1.82) is 0 Å². The largest absolute Gasteiger partial charge is 0.490 e. The summed E-state index contributed by atoms with van der Waals surface area (Å²) in [7, 11) is -1.40. The van der Waals surface area contributed by atoms with Gasteiger partial charge in [-0.2, -0.15) is 0 Å². The first-order valence-electron chi connectivity index (χ1n) is 22.6. The van der Waals surface area contributed by atoms with Crippen LogP contribution in [0.3, 0.4) is 0 Å². The van der Waals surface area contributed by atoms with Crippen molar-refractivity contribution in [2.75, 3.05) is 0 Å². The first kappa shape index (κ1) is 51.1. The Bertz CT molecular complexity index is 3000. The van der Waals surface area contributed by atoms with Crippen LogP contribution in [-0.2, 0) is 19.8 Å². The Morgan fingerprint density at radius 3 is 1.15 bits per heavy atom. The molecule has 0 radical (unpaired) electrons. The third-order valence-electron chi connectivity index (χ3n) is 10.4. The van der Waals surface area contributed by atoms with Crippen molar-refractivity contribution in [3.63, 3.8) is 0 Å². The van der Waals surface area contributed by atoms with Gasteiger partial charge in [-0.1, -0.05) is 158 Å². The molecule has 0 aliphatic rings. The van der Waals surface area contributed by atoms with Crippen LogP contribution in [0.1, 0.15) is 16.7 Å². The third-order valence-corrected chi connectivity index (χ3v) is 11.7. The minimum atomic E-state index is -1.40. The molecule has 0 atom stereocenters. The fourth-order valence-corrected chi connectivity index (χ4v) is 8.12. The van der Waals surface area contributed by atoms with E-state index in [1.54, 1.807) is 36.9 Å². The van der Waals surface area contributed by atoms with Crippen LogP contribution in [0.15, 0.2) is 259 Å². The molecule has 0 saturated carbocycles. The standard InChI is InChI=1S/C23H18N2O.C18H15NO.C13H10Br2O.C5H6BNO2/c1-2-7-18(8-3-1)17-26-23-21(19-9-5-13-24-15-19)11-4-12-22(23)20-10-6-14-25-16-20;1-2-7-15(8-3-1)14-20-18-11-5-4-10-17(18)16-9-6-12-19-13-16;14-11-7-4-8-12(15)13(11)16-9-10-5-2-1-3-6-10;8-6(9)5-2-1-3-7-4-5/h1-16H,17H2;1-13H,14H2;1-8H,9H2;1-4,8-9H. The van der Waals surface area contributed by atoms with E-state index in [0.29, 0.717) is 25.3 Å². The second-order valence-electron chi connectivity index (χ2n) is 15.4. The highest BCUT2D eigenvalue weighted by molar-refractivity contribution is 9.11. The molecule has 12 heteroatoms. The topological polar surface area (TPSA) is 120 Å². The van der Waals surface area contributed by atoms with Gasteiger partial charge >= 0.3 is 7.12 Å². The molecule has 0 bridgehead atoms. The lowest BCUT2D eigenvalue weighted by atomic mass is 9.82. The Morgan fingerprint density at radius 2 is 0.732 bits per heavy atom. The summed E-state index contributed by atoms with van der Waals surface area (Å²) in [5.41, 5.74) is 10.1. The number of halogens is 2. The summed E-state index contributed by atoms with van der Waals surface area (Å²) in [4.78, 5) is 16.4. The van der Waals surface area contributed by atoms with Gasteiger partial charge in [0.1, 0.15) is 37.1 Å². The predicted octanol–water partition coefficient (Wildman–Crippen LogP) is 13.3. The van der Waals surface area contributed by atoms with Gasteiger partial charge in [0.15, 0.2) is 0 Å². The molecule has 4 heterocycles. The van der Waals surface area contributed by atoms with Gasteiger partial charge in [0, 0.05) is 88.4 Å². The van der Waals surface area contributed by atoms with Gasteiger partial charge in [0.2, 0.25) is 0 Å². The fraction of sp³-hybridized carbons (Fsp3) is 0.0508. The van der Waals surface area contributed by atoms with E-state index in [0.717, 1.165) is 76.3 Å². The van der Waals surface area contributed by atoms with Crippen LogP contribution >= 0.6 is 31.9 Å². The van der Waals surface area contributed by atoms with Gasteiger partial charge in [-0.25, -0.2) is 0 Å². The first-order valence-corrected chi connectivity index (χ1v) is 24.1. The third kappa shape index (κ3) is 16.2. The SMILES string of the molecule is Brc1cccc(Br)c1OCc1ccccc1.OB(O)c1cccnc1.c1ccc(COc2c(-c3cccnc3)cccc2-c2cccnc2)cc1.c1ccc(COc2ccccc2-c2cccnc2)cc1. The van der Waals surface area contributed by atoms with Crippen LogP contribution in [0.5, 0.6) is 17.2 Å². The second-order valence-corrected chi connectivity index (χ2v) is 17.1. The lowest BCUT2D eigenvalue weighted by Crippen LogP contribution is -2.29. The molecule has 9 nitrogen and oxygen atoms in total. The molecule has 4 aromatic heterocycles. The smallest absolute Gasteiger partial charge is 0.488 e. The first-order chi connectivity index (χ1) is 34.9. The molecule has 0 spiro atoms. The van der Waals surface area contributed by atoms with Crippen molar-refractivity contribution in [3.8, 4) is 50.6 Å². The molecular weight excluding hydrogens is 1020 g/mol. The maximum atomic E-state index is 8.54.